The average molecular weight is 357 g/mol. The molecule has 3 rings (SSSR count). The van der Waals surface area contributed by atoms with Crippen LogP contribution in [0.1, 0.15) is 25.3 Å². The highest BCUT2D eigenvalue weighted by atomic mass is 16.6. The second-order valence-corrected chi connectivity index (χ2v) is 6.35. The van der Waals surface area contributed by atoms with E-state index in [0.29, 0.717) is 50.5 Å². The van der Waals surface area contributed by atoms with Crippen LogP contribution in [0.3, 0.4) is 0 Å². The summed E-state index contributed by atoms with van der Waals surface area (Å²) in [5.41, 5.74) is 0.794. The van der Waals surface area contributed by atoms with E-state index in [-0.39, 0.29) is 12.1 Å². The first-order valence-corrected chi connectivity index (χ1v) is 8.89. The largest absolute Gasteiger partial charge is 0.450 e. The SMILES string of the molecule is CCOC(=O)N1CCC(Nc2c(NCc3ccccc3)c(=O)c2=O)CC1. The third-order valence-corrected chi connectivity index (χ3v) is 4.59. The Hall–Kier alpha value is -2.83. The van der Waals surface area contributed by atoms with Gasteiger partial charge in [0.15, 0.2) is 0 Å². The van der Waals surface area contributed by atoms with E-state index in [2.05, 4.69) is 10.6 Å². The molecule has 138 valence electrons. The van der Waals surface area contributed by atoms with E-state index in [1.807, 2.05) is 30.3 Å². The summed E-state index contributed by atoms with van der Waals surface area (Å²) in [6, 6.07) is 9.75. The molecule has 0 unspecified atom stereocenters. The van der Waals surface area contributed by atoms with E-state index in [0.717, 1.165) is 5.56 Å². The van der Waals surface area contributed by atoms with Gasteiger partial charge in [-0.15, -0.1) is 0 Å². The zero-order chi connectivity index (χ0) is 18.5. The van der Waals surface area contributed by atoms with Crippen LogP contribution in [0.15, 0.2) is 39.9 Å². The number of ether oxygens (including phenoxy) is 1. The molecule has 0 spiro atoms. The van der Waals surface area contributed by atoms with Crippen molar-refractivity contribution < 1.29 is 9.53 Å². The Morgan fingerprint density at radius 2 is 1.77 bits per heavy atom. The Balaban J connectivity index is 1.56. The number of carbonyl (C=O) groups is 1. The van der Waals surface area contributed by atoms with Crippen LogP contribution in [-0.2, 0) is 11.3 Å². The van der Waals surface area contributed by atoms with Gasteiger partial charge in [-0.25, -0.2) is 4.79 Å². The molecule has 0 aromatic heterocycles. The average Bonchev–Trinajstić information content (AvgIpc) is 2.68. The number of likely N-dealkylation sites (tertiary alicyclic amines) is 1. The molecule has 1 saturated heterocycles. The molecule has 0 atom stereocenters. The molecule has 7 heteroatoms. The van der Waals surface area contributed by atoms with Crippen LogP contribution in [0, 0.1) is 0 Å². The van der Waals surface area contributed by atoms with Gasteiger partial charge in [-0.05, 0) is 25.3 Å². The highest BCUT2D eigenvalue weighted by molar-refractivity contribution is 5.74. The quantitative estimate of drug-likeness (QED) is 0.768. The summed E-state index contributed by atoms with van der Waals surface area (Å²) in [6.07, 6.45) is 1.11. The molecule has 0 bridgehead atoms. The van der Waals surface area contributed by atoms with Crippen LogP contribution in [0.2, 0.25) is 0 Å². The predicted octanol–water partition coefficient (Wildman–Crippen LogP) is 1.93. The molecular weight excluding hydrogens is 334 g/mol. The van der Waals surface area contributed by atoms with E-state index in [9.17, 15) is 14.4 Å². The maximum atomic E-state index is 11.9. The molecule has 2 aromatic rings. The Morgan fingerprint density at radius 1 is 1.12 bits per heavy atom. The van der Waals surface area contributed by atoms with Crippen LogP contribution < -0.4 is 21.5 Å². The Bertz CT molecular complexity index is 819. The molecule has 1 amide bonds. The van der Waals surface area contributed by atoms with Crippen molar-refractivity contribution in [1.29, 1.82) is 0 Å². The molecule has 1 heterocycles. The van der Waals surface area contributed by atoms with Crippen molar-refractivity contribution in [2.24, 2.45) is 0 Å². The van der Waals surface area contributed by atoms with E-state index in [1.165, 1.54) is 0 Å². The predicted molar refractivity (Wildman–Crippen MR) is 100 cm³/mol. The molecule has 0 radical (unpaired) electrons. The zero-order valence-corrected chi connectivity index (χ0v) is 14.8. The molecule has 2 aromatic carbocycles. The molecule has 2 N–H and O–H groups in total. The highest BCUT2D eigenvalue weighted by Gasteiger charge is 2.27. The minimum absolute atomic E-state index is 0.0567. The molecule has 7 nitrogen and oxygen atoms in total. The topological polar surface area (TPSA) is 87.7 Å². The summed E-state index contributed by atoms with van der Waals surface area (Å²) in [6.45, 7) is 3.76. The second-order valence-electron chi connectivity index (χ2n) is 6.35. The minimum atomic E-state index is -0.479. The maximum absolute atomic E-state index is 11.9. The summed E-state index contributed by atoms with van der Waals surface area (Å²) >= 11 is 0. The minimum Gasteiger partial charge on any atom is -0.450 e. The fourth-order valence-electron chi connectivity index (χ4n) is 3.11. The number of benzene rings is 1. The van der Waals surface area contributed by atoms with Crippen molar-refractivity contribution in [3.05, 3.63) is 56.3 Å². The summed E-state index contributed by atoms with van der Waals surface area (Å²) in [4.78, 5) is 37.2. The molecule has 1 fully saturated rings. The van der Waals surface area contributed by atoms with Crippen LogP contribution in [0.25, 0.3) is 0 Å². The van der Waals surface area contributed by atoms with Gasteiger partial charge in [-0.1, -0.05) is 30.3 Å². The smallest absolute Gasteiger partial charge is 0.409 e. The fraction of sp³-hybridized carbons (Fsp3) is 0.421. The van der Waals surface area contributed by atoms with Gasteiger partial charge in [0.2, 0.25) is 0 Å². The molecule has 1 aliphatic heterocycles. The van der Waals surface area contributed by atoms with Crippen molar-refractivity contribution in [1.82, 2.24) is 4.90 Å². The van der Waals surface area contributed by atoms with Gasteiger partial charge >= 0.3 is 6.09 Å². The van der Waals surface area contributed by atoms with Gasteiger partial charge in [0.05, 0.1) is 6.61 Å². The van der Waals surface area contributed by atoms with Crippen molar-refractivity contribution in [2.75, 3.05) is 30.3 Å². The van der Waals surface area contributed by atoms with Crippen molar-refractivity contribution in [3.63, 3.8) is 0 Å². The van der Waals surface area contributed by atoms with Gasteiger partial charge in [0.25, 0.3) is 10.9 Å². The number of hydrogen-bond acceptors (Lipinski definition) is 6. The van der Waals surface area contributed by atoms with Crippen LogP contribution >= 0.6 is 0 Å². The molecule has 0 aliphatic carbocycles. The Kier molecular flexibility index (Phi) is 5.55. The zero-order valence-electron chi connectivity index (χ0n) is 14.8. The standard InChI is InChI=1S/C19H23N3O4/c1-2-26-19(25)22-10-8-14(9-11-22)21-16-15(17(23)18(16)24)20-12-13-6-4-3-5-7-13/h3-7,14,20-21H,2,8-12H2,1H3. The Labute approximate surface area is 151 Å². The number of nitrogens with one attached hydrogen (secondary N) is 2. The number of hydrogen-bond donors (Lipinski definition) is 2. The van der Waals surface area contributed by atoms with E-state index < -0.39 is 10.9 Å². The van der Waals surface area contributed by atoms with Crippen LogP contribution in [0.4, 0.5) is 16.2 Å². The number of piperidine rings is 1. The fourth-order valence-corrected chi connectivity index (χ4v) is 3.11. The number of carbonyl (C=O) groups excluding carboxylic acids is 1. The van der Waals surface area contributed by atoms with Crippen LogP contribution in [0.5, 0.6) is 0 Å². The summed E-state index contributed by atoms with van der Waals surface area (Å²) in [7, 11) is 0. The van der Waals surface area contributed by atoms with E-state index >= 15 is 0 Å². The lowest BCUT2D eigenvalue weighted by Gasteiger charge is -2.32. The lowest BCUT2D eigenvalue weighted by molar-refractivity contribution is 0.0983. The van der Waals surface area contributed by atoms with Crippen molar-refractivity contribution >= 4 is 17.5 Å². The van der Waals surface area contributed by atoms with Gasteiger partial charge in [-0.2, -0.15) is 0 Å². The highest BCUT2D eigenvalue weighted by Crippen LogP contribution is 2.21. The monoisotopic (exact) mass is 357 g/mol. The van der Waals surface area contributed by atoms with Crippen molar-refractivity contribution in [3.8, 4) is 0 Å². The third kappa shape index (κ3) is 3.87. The number of anilines is 2. The first-order valence-electron chi connectivity index (χ1n) is 8.89. The molecule has 1 aliphatic rings. The van der Waals surface area contributed by atoms with Crippen LogP contribution in [-0.4, -0.2) is 36.7 Å². The maximum Gasteiger partial charge on any atom is 0.409 e. The number of nitrogens with zero attached hydrogens (tertiary/aromatic N) is 1. The van der Waals surface area contributed by atoms with Gasteiger partial charge in [0.1, 0.15) is 11.4 Å². The van der Waals surface area contributed by atoms with Crippen molar-refractivity contribution in [2.45, 2.75) is 32.4 Å². The van der Waals surface area contributed by atoms with Gasteiger partial charge < -0.3 is 20.3 Å². The summed E-state index contributed by atoms with van der Waals surface area (Å²) in [5.74, 6) is 0. The normalized spacial score (nSPS) is 15.0. The Morgan fingerprint density at radius 3 is 2.42 bits per heavy atom. The molecule has 26 heavy (non-hydrogen) atoms. The molecule has 0 saturated carbocycles. The third-order valence-electron chi connectivity index (χ3n) is 4.59. The number of rotatable bonds is 6. The lowest BCUT2D eigenvalue weighted by Crippen LogP contribution is -2.45. The first kappa shape index (κ1) is 18.0. The first-order chi connectivity index (χ1) is 12.6. The summed E-state index contributed by atoms with van der Waals surface area (Å²) < 4.78 is 5.00. The molecular formula is C19H23N3O4. The van der Waals surface area contributed by atoms with Gasteiger partial charge in [0, 0.05) is 25.7 Å². The number of amides is 1. The lowest BCUT2D eigenvalue weighted by atomic mass is 10.0. The van der Waals surface area contributed by atoms with E-state index in [4.69, 9.17) is 4.74 Å². The van der Waals surface area contributed by atoms with Gasteiger partial charge in [-0.3, -0.25) is 9.59 Å². The van der Waals surface area contributed by atoms with E-state index in [1.54, 1.807) is 11.8 Å². The summed E-state index contributed by atoms with van der Waals surface area (Å²) in [5, 5.41) is 6.24. The second kappa shape index (κ2) is 8.03.